The average molecular weight is 511 g/mol. The van der Waals surface area contributed by atoms with Gasteiger partial charge in [0.15, 0.2) is 11.5 Å². The highest BCUT2D eigenvalue weighted by Crippen LogP contribution is 2.43. The normalized spacial score (nSPS) is 14.4. The van der Waals surface area contributed by atoms with E-state index in [1.807, 2.05) is 13.8 Å². The predicted octanol–water partition coefficient (Wildman–Crippen LogP) is 6.15. The Labute approximate surface area is 212 Å². The van der Waals surface area contributed by atoms with Crippen LogP contribution in [0.4, 0.5) is 0 Å². The Morgan fingerprint density at radius 1 is 0.735 bits per heavy atom. The summed E-state index contributed by atoms with van der Waals surface area (Å²) in [5.41, 5.74) is -1.29. The smallest absolute Gasteiger partial charge is 0.230 e. The van der Waals surface area contributed by atoms with Gasteiger partial charge in [-0.1, -0.05) is 34.6 Å². The SMILES string of the molecule is CC(C)(C)CCC(S)CCC(S)CCC(C)(C)C(c1cocc(O)c1=O)c1cocc(O)c1=O. The molecule has 2 N–H and O–H groups in total. The van der Waals surface area contributed by atoms with Gasteiger partial charge in [0.1, 0.15) is 12.5 Å². The molecular weight excluding hydrogens is 472 g/mol. The first-order chi connectivity index (χ1) is 15.7. The van der Waals surface area contributed by atoms with Gasteiger partial charge in [0.25, 0.3) is 0 Å². The molecule has 2 unspecified atom stereocenters. The van der Waals surface area contributed by atoms with E-state index in [0.717, 1.165) is 44.6 Å². The molecule has 0 aliphatic rings. The van der Waals surface area contributed by atoms with E-state index >= 15 is 0 Å². The van der Waals surface area contributed by atoms with E-state index in [2.05, 4.69) is 20.8 Å². The second-order valence-electron chi connectivity index (χ2n) is 11.0. The fraction of sp³-hybridized carbons (Fsp3) is 0.615. The van der Waals surface area contributed by atoms with Gasteiger partial charge in [-0.05, 0) is 49.4 Å². The monoisotopic (exact) mass is 510 g/mol. The van der Waals surface area contributed by atoms with Gasteiger partial charge >= 0.3 is 0 Å². The molecule has 0 bridgehead atoms. The lowest BCUT2D eigenvalue weighted by Gasteiger charge is -2.34. The van der Waals surface area contributed by atoms with Crippen LogP contribution in [0.3, 0.4) is 0 Å². The zero-order chi connectivity index (χ0) is 25.7. The van der Waals surface area contributed by atoms with Crippen molar-refractivity contribution in [1.82, 2.24) is 0 Å². The maximum absolute atomic E-state index is 12.7. The van der Waals surface area contributed by atoms with E-state index in [9.17, 15) is 19.8 Å². The molecule has 0 aromatic carbocycles. The molecule has 0 spiro atoms. The van der Waals surface area contributed by atoms with Crippen LogP contribution in [0.2, 0.25) is 0 Å². The van der Waals surface area contributed by atoms with E-state index in [-0.39, 0.29) is 21.8 Å². The molecule has 2 aromatic rings. The molecule has 0 radical (unpaired) electrons. The first kappa shape index (κ1) is 28.4. The summed E-state index contributed by atoms with van der Waals surface area (Å²) in [6, 6.07) is 0. The first-order valence-electron chi connectivity index (χ1n) is 11.7. The molecule has 0 amide bonds. The van der Waals surface area contributed by atoms with Crippen LogP contribution in [0.25, 0.3) is 0 Å². The largest absolute Gasteiger partial charge is 0.502 e. The molecule has 2 atom stereocenters. The van der Waals surface area contributed by atoms with Gasteiger partial charge in [-0.15, -0.1) is 0 Å². The highest BCUT2D eigenvalue weighted by molar-refractivity contribution is 7.81. The van der Waals surface area contributed by atoms with Crippen molar-refractivity contribution in [3.05, 3.63) is 56.6 Å². The topological polar surface area (TPSA) is 101 Å². The van der Waals surface area contributed by atoms with Crippen molar-refractivity contribution in [1.29, 1.82) is 0 Å². The number of thiol groups is 2. The van der Waals surface area contributed by atoms with Crippen molar-refractivity contribution in [2.24, 2.45) is 10.8 Å². The Morgan fingerprint density at radius 3 is 1.56 bits per heavy atom. The molecule has 0 fully saturated rings. The second-order valence-corrected chi connectivity index (χ2v) is 12.5. The van der Waals surface area contributed by atoms with Gasteiger partial charge in [-0.3, -0.25) is 9.59 Å². The lowest BCUT2D eigenvalue weighted by molar-refractivity contribution is 0.270. The van der Waals surface area contributed by atoms with Crippen LogP contribution in [0.1, 0.15) is 90.2 Å². The fourth-order valence-corrected chi connectivity index (χ4v) is 4.77. The number of hydrogen-bond donors (Lipinski definition) is 4. The summed E-state index contributed by atoms with van der Waals surface area (Å²) in [6.07, 6.45) is 9.83. The van der Waals surface area contributed by atoms with Gasteiger partial charge in [0.2, 0.25) is 10.9 Å². The van der Waals surface area contributed by atoms with Gasteiger partial charge < -0.3 is 19.0 Å². The highest BCUT2D eigenvalue weighted by atomic mass is 32.1. The van der Waals surface area contributed by atoms with Crippen molar-refractivity contribution in [3.63, 3.8) is 0 Å². The van der Waals surface area contributed by atoms with Gasteiger partial charge in [0, 0.05) is 27.5 Å². The molecule has 0 saturated carbocycles. The van der Waals surface area contributed by atoms with Gasteiger partial charge in [-0.2, -0.15) is 25.3 Å². The van der Waals surface area contributed by atoms with E-state index in [0.29, 0.717) is 11.7 Å². The maximum Gasteiger partial charge on any atom is 0.230 e. The lowest BCUT2D eigenvalue weighted by atomic mass is 9.69. The minimum atomic E-state index is -0.760. The summed E-state index contributed by atoms with van der Waals surface area (Å²) in [7, 11) is 0. The van der Waals surface area contributed by atoms with E-state index < -0.39 is 33.7 Å². The summed E-state index contributed by atoms with van der Waals surface area (Å²) in [6.45, 7) is 10.6. The minimum absolute atomic E-state index is 0.130. The Balaban J connectivity index is 2.20. The average Bonchev–Trinajstić information content (AvgIpc) is 2.75. The van der Waals surface area contributed by atoms with Crippen LogP contribution < -0.4 is 10.9 Å². The number of aromatic hydroxyl groups is 2. The highest BCUT2D eigenvalue weighted by Gasteiger charge is 2.37. The second kappa shape index (κ2) is 11.8. The van der Waals surface area contributed by atoms with Crippen LogP contribution in [0.15, 0.2) is 43.5 Å². The molecule has 8 heteroatoms. The van der Waals surface area contributed by atoms with E-state index in [1.165, 1.54) is 12.5 Å². The summed E-state index contributed by atoms with van der Waals surface area (Å²) in [5.74, 6) is -1.83. The Bertz CT molecular complexity index is 991. The number of hydrogen-bond acceptors (Lipinski definition) is 8. The number of rotatable bonds is 11. The summed E-state index contributed by atoms with van der Waals surface area (Å²) in [5, 5.41) is 20.3. The molecule has 2 heterocycles. The van der Waals surface area contributed by atoms with Gasteiger partial charge in [-0.25, -0.2) is 0 Å². The molecule has 0 aliphatic heterocycles. The Morgan fingerprint density at radius 2 is 1.15 bits per heavy atom. The standard InChI is InChI=1S/C26H38O6S2/c1-25(2,3)10-8-16(33)6-7-17(34)9-11-26(4,5)22(18-12-31-14-20(27)23(18)29)19-13-32-15-21(28)24(19)30/h12-17,22,27-28,33-34H,6-11H2,1-5H3. The quantitative estimate of drug-likeness (QED) is 0.271. The molecule has 2 aromatic heterocycles. The fourth-order valence-electron chi connectivity index (χ4n) is 4.22. The van der Waals surface area contributed by atoms with Crippen molar-refractivity contribution in [2.45, 2.75) is 89.6 Å². The third kappa shape index (κ3) is 7.87. The van der Waals surface area contributed by atoms with E-state index in [4.69, 9.17) is 34.1 Å². The van der Waals surface area contributed by atoms with Crippen LogP contribution in [-0.4, -0.2) is 20.7 Å². The van der Waals surface area contributed by atoms with Gasteiger partial charge in [0.05, 0.1) is 12.5 Å². The zero-order valence-electron chi connectivity index (χ0n) is 20.7. The minimum Gasteiger partial charge on any atom is -0.502 e. The van der Waals surface area contributed by atoms with Crippen molar-refractivity contribution < 1.29 is 19.0 Å². The summed E-state index contributed by atoms with van der Waals surface area (Å²) >= 11 is 9.52. The van der Waals surface area contributed by atoms with Crippen LogP contribution in [-0.2, 0) is 0 Å². The third-order valence-electron chi connectivity index (χ3n) is 6.33. The van der Waals surface area contributed by atoms with Crippen molar-refractivity contribution >= 4 is 25.3 Å². The summed E-state index contributed by atoms with van der Waals surface area (Å²) < 4.78 is 10.3. The molecule has 0 aliphatic carbocycles. The third-order valence-corrected chi connectivity index (χ3v) is 7.36. The van der Waals surface area contributed by atoms with Crippen LogP contribution in [0, 0.1) is 10.8 Å². The summed E-state index contributed by atoms with van der Waals surface area (Å²) in [4.78, 5) is 25.5. The lowest BCUT2D eigenvalue weighted by Crippen LogP contribution is -2.31. The zero-order valence-corrected chi connectivity index (χ0v) is 22.5. The molecule has 0 saturated heterocycles. The van der Waals surface area contributed by atoms with Crippen LogP contribution >= 0.6 is 25.3 Å². The molecular formula is C26H38O6S2. The Hall–Kier alpha value is -1.80. The molecule has 2 rings (SSSR count). The Kier molecular flexibility index (Phi) is 9.83. The van der Waals surface area contributed by atoms with Crippen molar-refractivity contribution in [3.8, 4) is 11.5 Å². The maximum atomic E-state index is 12.7. The van der Waals surface area contributed by atoms with Crippen LogP contribution in [0.5, 0.6) is 11.5 Å². The predicted molar refractivity (Wildman–Crippen MR) is 142 cm³/mol. The molecule has 190 valence electrons. The van der Waals surface area contributed by atoms with Crippen molar-refractivity contribution in [2.75, 3.05) is 0 Å². The molecule has 6 nitrogen and oxygen atoms in total. The first-order valence-corrected chi connectivity index (χ1v) is 12.7. The molecule has 34 heavy (non-hydrogen) atoms. The van der Waals surface area contributed by atoms with E-state index in [1.54, 1.807) is 0 Å².